The van der Waals surface area contributed by atoms with Gasteiger partial charge >= 0.3 is 0 Å². The minimum Gasteiger partial charge on any atom is -0.384 e. The molecule has 0 radical (unpaired) electrons. The topological polar surface area (TPSA) is 72.9 Å². The molecule has 5 nitrogen and oxygen atoms in total. The van der Waals surface area contributed by atoms with E-state index >= 15 is 0 Å². The third-order valence-corrected chi connectivity index (χ3v) is 4.72. The first-order chi connectivity index (χ1) is 8.49. The number of carbonyl (C=O) groups excluding carboxylic acids is 1. The second-order valence-electron chi connectivity index (χ2n) is 3.93. The van der Waals surface area contributed by atoms with E-state index in [4.69, 9.17) is 5.73 Å². The Morgan fingerprint density at radius 3 is 2.89 bits per heavy atom. The Balaban J connectivity index is 2.02. The average Bonchev–Trinajstić information content (AvgIpc) is 2.83. The van der Waals surface area contributed by atoms with Gasteiger partial charge in [-0.1, -0.05) is 0 Å². The van der Waals surface area contributed by atoms with Crippen molar-refractivity contribution in [3.8, 4) is 0 Å². The summed E-state index contributed by atoms with van der Waals surface area (Å²) in [6.45, 7) is 2.34. The molecule has 2 heterocycles. The molecule has 0 atom stereocenters. The van der Waals surface area contributed by atoms with Crippen molar-refractivity contribution in [1.29, 1.82) is 0 Å². The fraction of sp³-hybridized carbons (Fsp3) is 0.273. The van der Waals surface area contributed by atoms with Gasteiger partial charge in [-0.2, -0.15) is 5.10 Å². The molecule has 18 heavy (non-hydrogen) atoms. The molecule has 0 aliphatic rings. The number of rotatable bonds is 3. The van der Waals surface area contributed by atoms with Gasteiger partial charge in [0.1, 0.15) is 5.82 Å². The van der Waals surface area contributed by atoms with Crippen LogP contribution < -0.4 is 11.1 Å². The van der Waals surface area contributed by atoms with Gasteiger partial charge in [0, 0.05) is 19.2 Å². The Bertz CT molecular complexity index is 570. The van der Waals surface area contributed by atoms with Crippen LogP contribution >= 0.6 is 27.3 Å². The van der Waals surface area contributed by atoms with Crippen LogP contribution in [0.1, 0.15) is 20.8 Å². The maximum Gasteiger partial charge on any atom is 0.261 e. The van der Waals surface area contributed by atoms with Crippen LogP contribution in [0.25, 0.3) is 0 Å². The molecule has 3 N–H and O–H groups in total. The van der Waals surface area contributed by atoms with Crippen molar-refractivity contribution in [2.45, 2.75) is 13.5 Å². The number of anilines is 1. The van der Waals surface area contributed by atoms with Crippen molar-refractivity contribution in [1.82, 2.24) is 15.1 Å². The number of thiophene rings is 1. The maximum atomic E-state index is 11.9. The SMILES string of the molecule is Cc1cc(C(=O)NCc2cnn(C)c2N)sc1Br. The highest BCUT2D eigenvalue weighted by molar-refractivity contribution is 9.11. The summed E-state index contributed by atoms with van der Waals surface area (Å²) in [4.78, 5) is 12.6. The molecule has 1 amide bonds. The highest BCUT2D eigenvalue weighted by Crippen LogP contribution is 2.27. The lowest BCUT2D eigenvalue weighted by molar-refractivity contribution is 0.0955. The summed E-state index contributed by atoms with van der Waals surface area (Å²) in [7, 11) is 1.76. The summed E-state index contributed by atoms with van der Waals surface area (Å²) in [5, 5.41) is 6.85. The molecule has 2 aromatic heterocycles. The summed E-state index contributed by atoms with van der Waals surface area (Å²) in [5.74, 6) is 0.468. The van der Waals surface area contributed by atoms with Gasteiger partial charge in [0.15, 0.2) is 0 Å². The van der Waals surface area contributed by atoms with Gasteiger partial charge in [-0.3, -0.25) is 9.48 Å². The molecule has 0 saturated carbocycles. The smallest absolute Gasteiger partial charge is 0.261 e. The van der Waals surface area contributed by atoms with Crippen molar-refractivity contribution in [3.63, 3.8) is 0 Å². The number of aromatic nitrogens is 2. The van der Waals surface area contributed by atoms with Crippen LogP contribution in [0, 0.1) is 6.92 Å². The standard InChI is InChI=1S/C11H13BrN4OS/c1-6-3-8(18-9(6)12)11(17)14-4-7-5-15-16(2)10(7)13/h3,5H,4,13H2,1-2H3,(H,14,17). The van der Waals surface area contributed by atoms with Crippen molar-refractivity contribution < 1.29 is 4.79 Å². The van der Waals surface area contributed by atoms with Crippen LogP contribution in [-0.2, 0) is 13.6 Å². The van der Waals surface area contributed by atoms with Crippen molar-refractivity contribution in [2.24, 2.45) is 7.05 Å². The third kappa shape index (κ3) is 2.56. The predicted molar refractivity (Wildman–Crippen MR) is 75.5 cm³/mol. The third-order valence-electron chi connectivity index (χ3n) is 2.58. The van der Waals surface area contributed by atoms with E-state index in [0.29, 0.717) is 17.2 Å². The number of nitrogens with two attached hydrogens (primary N) is 1. The summed E-state index contributed by atoms with van der Waals surface area (Å²) >= 11 is 4.82. The minimum absolute atomic E-state index is 0.1000. The fourth-order valence-corrected chi connectivity index (χ4v) is 2.91. The summed E-state index contributed by atoms with van der Waals surface area (Å²) in [5.41, 5.74) is 7.68. The van der Waals surface area contributed by atoms with Crippen LogP contribution in [0.2, 0.25) is 0 Å². The number of nitrogens with one attached hydrogen (secondary N) is 1. The van der Waals surface area contributed by atoms with Gasteiger partial charge in [0.05, 0.1) is 14.9 Å². The molecule has 0 fully saturated rings. The van der Waals surface area contributed by atoms with Crippen molar-refractivity contribution in [2.75, 3.05) is 5.73 Å². The zero-order valence-corrected chi connectivity index (χ0v) is 12.4. The van der Waals surface area contributed by atoms with Gasteiger partial charge in [-0.25, -0.2) is 0 Å². The van der Waals surface area contributed by atoms with E-state index in [-0.39, 0.29) is 5.91 Å². The number of aryl methyl sites for hydroxylation is 2. The number of hydrogen-bond donors (Lipinski definition) is 2. The highest BCUT2D eigenvalue weighted by atomic mass is 79.9. The fourth-order valence-electron chi connectivity index (χ4n) is 1.46. The first kappa shape index (κ1) is 13.1. The summed E-state index contributed by atoms with van der Waals surface area (Å²) in [6, 6.07) is 1.86. The minimum atomic E-state index is -0.1000. The molecular weight excluding hydrogens is 316 g/mol. The average molecular weight is 329 g/mol. The second-order valence-corrected chi connectivity index (χ2v) is 6.30. The Morgan fingerprint density at radius 1 is 1.67 bits per heavy atom. The molecular formula is C11H13BrN4OS. The van der Waals surface area contributed by atoms with Gasteiger partial charge in [0.25, 0.3) is 5.91 Å². The summed E-state index contributed by atoms with van der Waals surface area (Å²) < 4.78 is 2.56. The van der Waals surface area contributed by atoms with Crippen LogP contribution in [0.4, 0.5) is 5.82 Å². The number of nitrogens with zero attached hydrogens (tertiary/aromatic N) is 2. The maximum absolute atomic E-state index is 11.9. The lowest BCUT2D eigenvalue weighted by Crippen LogP contribution is -2.22. The molecule has 2 aromatic rings. The van der Waals surface area contributed by atoms with Crippen molar-refractivity contribution >= 4 is 39.0 Å². The zero-order valence-electron chi connectivity index (χ0n) is 10.0. The lowest BCUT2D eigenvalue weighted by Gasteiger charge is -2.02. The van der Waals surface area contributed by atoms with E-state index in [1.54, 1.807) is 17.9 Å². The van der Waals surface area contributed by atoms with Crippen LogP contribution in [0.15, 0.2) is 16.0 Å². The van der Waals surface area contributed by atoms with Gasteiger partial charge < -0.3 is 11.1 Å². The van der Waals surface area contributed by atoms with E-state index in [9.17, 15) is 4.79 Å². The Labute approximate surface area is 117 Å². The first-order valence-corrected chi connectivity index (χ1v) is 6.90. The molecule has 96 valence electrons. The number of halogens is 1. The quantitative estimate of drug-likeness (QED) is 0.905. The largest absolute Gasteiger partial charge is 0.384 e. The van der Waals surface area contributed by atoms with Gasteiger partial charge in [-0.15, -0.1) is 11.3 Å². The number of amides is 1. The van der Waals surface area contributed by atoms with Crippen LogP contribution in [0.5, 0.6) is 0 Å². The molecule has 0 aliphatic carbocycles. The molecule has 2 rings (SSSR count). The summed E-state index contributed by atoms with van der Waals surface area (Å²) in [6.07, 6.45) is 1.66. The molecule has 0 unspecified atom stereocenters. The number of hydrogen-bond acceptors (Lipinski definition) is 4. The van der Waals surface area contributed by atoms with Crippen molar-refractivity contribution in [3.05, 3.63) is 32.1 Å². The molecule has 7 heteroatoms. The van der Waals surface area contributed by atoms with Gasteiger partial charge in [0.2, 0.25) is 0 Å². The second kappa shape index (κ2) is 5.11. The van der Waals surface area contributed by atoms with E-state index in [1.807, 2.05) is 13.0 Å². The molecule has 0 spiro atoms. The van der Waals surface area contributed by atoms with E-state index in [0.717, 1.165) is 14.9 Å². The van der Waals surface area contributed by atoms with Crippen LogP contribution in [-0.4, -0.2) is 15.7 Å². The van der Waals surface area contributed by atoms with E-state index in [1.165, 1.54) is 11.3 Å². The molecule has 0 bridgehead atoms. The monoisotopic (exact) mass is 328 g/mol. The predicted octanol–water partition coefficient (Wildman–Crippen LogP) is 2.06. The number of nitrogen functional groups attached to an aromatic ring is 1. The zero-order chi connectivity index (χ0) is 13.3. The number of carbonyl (C=O) groups is 1. The van der Waals surface area contributed by atoms with Crippen LogP contribution in [0.3, 0.4) is 0 Å². The first-order valence-electron chi connectivity index (χ1n) is 5.29. The Morgan fingerprint density at radius 2 is 2.39 bits per heavy atom. The molecule has 0 aliphatic heterocycles. The lowest BCUT2D eigenvalue weighted by atomic mass is 10.3. The Hall–Kier alpha value is -1.34. The normalized spacial score (nSPS) is 10.6. The highest BCUT2D eigenvalue weighted by Gasteiger charge is 2.12. The van der Waals surface area contributed by atoms with E-state index in [2.05, 4.69) is 26.3 Å². The van der Waals surface area contributed by atoms with Gasteiger partial charge in [-0.05, 0) is 34.5 Å². The molecule has 0 aromatic carbocycles. The van der Waals surface area contributed by atoms with E-state index < -0.39 is 0 Å². The molecule has 0 saturated heterocycles. The Kier molecular flexibility index (Phi) is 3.72.